The van der Waals surface area contributed by atoms with Gasteiger partial charge in [-0.2, -0.15) is 0 Å². The molecule has 0 bridgehead atoms. The van der Waals surface area contributed by atoms with Crippen LogP contribution >= 0.6 is 0 Å². The van der Waals surface area contributed by atoms with Gasteiger partial charge in [0.05, 0.1) is 11.7 Å². The molecule has 0 aliphatic carbocycles. The van der Waals surface area contributed by atoms with Crippen molar-refractivity contribution in [2.24, 2.45) is 0 Å². The summed E-state index contributed by atoms with van der Waals surface area (Å²) in [6.45, 7) is 7.43. The molecule has 0 radical (unpaired) electrons. The first-order valence-electron chi connectivity index (χ1n) is 6.38. The topological polar surface area (TPSA) is 34.1 Å². The van der Waals surface area contributed by atoms with Crippen molar-refractivity contribution in [2.75, 3.05) is 6.54 Å². The first-order chi connectivity index (χ1) is 8.07. The van der Waals surface area contributed by atoms with E-state index in [2.05, 4.69) is 43.2 Å². The number of aromatic nitrogens is 1. The number of nitrogens with zero attached hydrogens (tertiary/aromatic N) is 1. The third kappa shape index (κ3) is 3.51. The first kappa shape index (κ1) is 12.5. The van der Waals surface area contributed by atoms with Gasteiger partial charge in [0.1, 0.15) is 0 Å². The van der Waals surface area contributed by atoms with Crippen LogP contribution in [0.1, 0.15) is 45.2 Å². The van der Waals surface area contributed by atoms with Crippen LogP contribution in [-0.2, 0) is 4.74 Å². The number of hydrogen-bond donors (Lipinski definition) is 1. The van der Waals surface area contributed by atoms with Crippen molar-refractivity contribution < 1.29 is 4.74 Å². The van der Waals surface area contributed by atoms with E-state index in [9.17, 15) is 0 Å². The van der Waals surface area contributed by atoms with Crippen molar-refractivity contribution in [3.05, 3.63) is 30.1 Å². The van der Waals surface area contributed by atoms with Crippen molar-refractivity contribution in [1.29, 1.82) is 0 Å². The van der Waals surface area contributed by atoms with Crippen LogP contribution in [0.25, 0.3) is 0 Å². The molecule has 1 saturated heterocycles. The highest BCUT2D eigenvalue weighted by Crippen LogP contribution is 2.29. The average Bonchev–Trinajstić information content (AvgIpc) is 2.67. The molecule has 1 aromatic heterocycles. The molecule has 1 aliphatic heterocycles. The lowest BCUT2D eigenvalue weighted by Gasteiger charge is -2.21. The Hall–Kier alpha value is -0.930. The normalized spacial score (nSPS) is 24.8. The highest BCUT2D eigenvalue weighted by atomic mass is 16.5. The van der Waals surface area contributed by atoms with Gasteiger partial charge in [0.25, 0.3) is 0 Å². The van der Waals surface area contributed by atoms with Gasteiger partial charge < -0.3 is 10.1 Å². The fourth-order valence-electron chi connectivity index (χ4n) is 2.30. The number of ether oxygens (including phenoxy) is 1. The maximum atomic E-state index is 5.96. The first-order valence-corrected chi connectivity index (χ1v) is 6.38. The monoisotopic (exact) mass is 234 g/mol. The van der Waals surface area contributed by atoms with Crippen LogP contribution in [0.3, 0.4) is 0 Å². The SMILES string of the molecule is C[C@@H](NCC1CCC(C)(C)O1)c1ccncc1. The molecule has 17 heavy (non-hydrogen) atoms. The largest absolute Gasteiger partial charge is 0.371 e. The zero-order valence-electron chi connectivity index (χ0n) is 10.9. The smallest absolute Gasteiger partial charge is 0.0708 e. The van der Waals surface area contributed by atoms with E-state index >= 15 is 0 Å². The Labute approximate surface area is 104 Å². The maximum absolute atomic E-state index is 5.96. The number of pyridine rings is 1. The highest BCUT2D eigenvalue weighted by molar-refractivity contribution is 5.13. The lowest BCUT2D eigenvalue weighted by atomic mass is 10.1. The van der Waals surface area contributed by atoms with E-state index < -0.39 is 0 Å². The summed E-state index contributed by atoms with van der Waals surface area (Å²) < 4.78 is 5.96. The molecular formula is C14H22N2O. The molecule has 3 nitrogen and oxygen atoms in total. The summed E-state index contributed by atoms with van der Waals surface area (Å²) in [7, 11) is 0. The second-order valence-electron chi connectivity index (χ2n) is 5.45. The molecule has 1 unspecified atom stereocenters. The van der Waals surface area contributed by atoms with Gasteiger partial charge in [0.15, 0.2) is 0 Å². The fourth-order valence-corrected chi connectivity index (χ4v) is 2.30. The van der Waals surface area contributed by atoms with Gasteiger partial charge in [-0.05, 0) is 51.3 Å². The van der Waals surface area contributed by atoms with E-state index in [1.165, 1.54) is 5.56 Å². The van der Waals surface area contributed by atoms with E-state index in [-0.39, 0.29) is 5.60 Å². The molecule has 1 N–H and O–H groups in total. The minimum atomic E-state index is 0.0618. The minimum absolute atomic E-state index is 0.0618. The van der Waals surface area contributed by atoms with E-state index in [4.69, 9.17) is 4.74 Å². The molecule has 0 saturated carbocycles. The molecule has 1 fully saturated rings. The maximum Gasteiger partial charge on any atom is 0.0708 e. The third-order valence-corrected chi connectivity index (χ3v) is 3.41. The predicted molar refractivity (Wildman–Crippen MR) is 68.8 cm³/mol. The molecule has 2 atom stereocenters. The summed E-state index contributed by atoms with van der Waals surface area (Å²) in [6, 6.07) is 4.46. The fraction of sp³-hybridized carbons (Fsp3) is 0.643. The highest BCUT2D eigenvalue weighted by Gasteiger charge is 2.31. The van der Waals surface area contributed by atoms with Gasteiger partial charge in [-0.1, -0.05) is 0 Å². The van der Waals surface area contributed by atoms with Crippen molar-refractivity contribution in [1.82, 2.24) is 10.3 Å². The minimum Gasteiger partial charge on any atom is -0.371 e. The van der Waals surface area contributed by atoms with Crippen LogP contribution in [-0.4, -0.2) is 23.2 Å². The second-order valence-corrected chi connectivity index (χ2v) is 5.45. The van der Waals surface area contributed by atoms with Crippen LogP contribution in [0.5, 0.6) is 0 Å². The summed E-state index contributed by atoms with van der Waals surface area (Å²) in [5.74, 6) is 0. The van der Waals surface area contributed by atoms with Gasteiger partial charge >= 0.3 is 0 Å². The van der Waals surface area contributed by atoms with Crippen LogP contribution in [0.15, 0.2) is 24.5 Å². The molecule has 1 aromatic rings. The van der Waals surface area contributed by atoms with Gasteiger partial charge in [0.2, 0.25) is 0 Å². The molecule has 2 heterocycles. The number of rotatable bonds is 4. The van der Waals surface area contributed by atoms with Crippen LogP contribution < -0.4 is 5.32 Å². The Morgan fingerprint density at radius 3 is 2.76 bits per heavy atom. The third-order valence-electron chi connectivity index (χ3n) is 3.41. The molecule has 0 amide bonds. The van der Waals surface area contributed by atoms with E-state index in [1.807, 2.05) is 12.4 Å². The van der Waals surface area contributed by atoms with Crippen LogP contribution in [0.2, 0.25) is 0 Å². The Morgan fingerprint density at radius 2 is 2.18 bits per heavy atom. The second kappa shape index (κ2) is 5.15. The summed E-state index contributed by atoms with van der Waals surface area (Å²) >= 11 is 0. The molecule has 1 aliphatic rings. The van der Waals surface area contributed by atoms with Gasteiger partial charge in [-0.25, -0.2) is 0 Å². The quantitative estimate of drug-likeness (QED) is 0.869. The summed E-state index contributed by atoms with van der Waals surface area (Å²) in [5.41, 5.74) is 1.34. The summed E-state index contributed by atoms with van der Waals surface area (Å²) in [4.78, 5) is 4.03. The summed E-state index contributed by atoms with van der Waals surface area (Å²) in [5, 5.41) is 3.53. The Balaban J connectivity index is 1.79. The van der Waals surface area contributed by atoms with Crippen molar-refractivity contribution in [3.63, 3.8) is 0 Å². The lowest BCUT2D eigenvalue weighted by molar-refractivity contribution is -0.0150. The van der Waals surface area contributed by atoms with Gasteiger partial charge in [-0.15, -0.1) is 0 Å². The van der Waals surface area contributed by atoms with Crippen molar-refractivity contribution in [3.8, 4) is 0 Å². The lowest BCUT2D eigenvalue weighted by Crippen LogP contribution is -2.31. The van der Waals surface area contributed by atoms with Gasteiger partial charge in [0, 0.05) is 25.0 Å². The Bertz CT molecular complexity index is 350. The zero-order valence-corrected chi connectivity index (χ0v) is 10.9. The van der Waals surface area contributed by atoms with Crippen molar-refractivity contribution in [2.45, 2.75) is 51.4 Å². The summed E-state index contributed by atoms with van der Waals surface area (Å²) in [6.07, 6.45) is 6.34. The average molecular weight is 234 g/mol. The zero-order chi connectivity index (χ0) is 12.3. The molecule has 0 aromatic carbocycles. The standard InChI is InChI=1S/C14H22N2O/c1-11(12-5-8-15-9-6-12)16-10-13-4-7-14(2,3)17-13/h5-6,8-9,11,13,16H,4,7,10H2,1-3H3/t11-,13?/m1/s1. The predicted octanol–water partition coefficient (Wildman–Crippen LogP) is 2.69. The van der Waals surface area contributed by atoms with Crippen LogP contribution in [0.4, 0.5) is 0 Å². The Kier molecular flexibility index (Phi) is 3.79. The molecule has 94 valence electrons. The molecular weight excluding hydrogens is 212 g/mol. The van der Waals surface area contributed by atoms with E-state index in [1.54, 1.807) is 0 Å². The van der Waals surface area contributed by atoms with Crippen molar-refractivity contribution >= 4 is 0 Å². The van der Waals surface area contributed by atoms with Crippen LogP contribution in [0, 0.1) is 0 Å². The van der Waals surface area contributed by atoms with E-state index in [0.717, 1.165) is 19.4 Å². The molecule has 3 heteroatoms. The molecule has 2 rings (SSSR count). The van der Waals surface area contributed by atoms with E-state index in [0.29, 0.717) is 12.1 Å². The molecule has 0 spiro atoms. The number of nitrogens with one attached hydrogen (secondary N) is 1. The van der Waals surface area contributed by atoms with Gasteiger partial charge in [-0.3, -0.25) is 4.98 Å². The number of hydrogen-bond acceptors (Lipinski definition) is 3. The Morgan fingerprint density at radius 1 is 1.47 bits per heavy atom.